The number of unbranched alkanes of at least 4 members (excludes halogenated alkanes) is 1. The van der Waals surface area contributed by atoms with Crippen LogP contribution in [-0.4, -0.2) is 67.4 Å². The molecule has 0 radical (unpaired) electrons. The van der Waals surface area contributed by atoms with E-state index in [1.165, 1.54) is 61.2 Å². The lowest BCUT2D eigenvalue weighted by atomic mass is 9.98. The molecular formula is C29H42N4OS. The molecule has 0 aromatic heterocycles. The summed E-state index contributed by atoms with van der Waals surface area (Å²) < 4.78 is 5.54. The van der Waals surface area contributed by atoms with E-state index in [1.54, 1.807) is 0 Å². The van der Waals surface area contributed by atoms with Gasteiger partial charge in [-0.25, -0.2) is 0 Å². The van der Waals surface area contributed by atoms with E-state index in [0.717, 1.165) is 63.2 Å². The van der Waals surface area contributed by atoms with Crippen molar-refractivity contribution >= 4 is 28.7 Å². The molecule has 0 unspecified atom stereocenters. The summed E-state index contributed by atoms with van der Waals surface area (Å²) >= 11 is 5.95. The summed E-state index contributed by atoms with van der Waals surface area (Å²) in [5.74, 6) is 0. The Morgan fingerprint density at radius 3 is 2.69 bits per heavy atom. The molecule has 4 rings (SSSR count). The Morgan fingerprint density at radius 1 is 1.03 bits per heavy atom. The van der Waals surface area contributed by atoms with Crippen molar-refractivity contribution in [3.63, 3.8) is 0 Å². The van der Waals surface area contributed by atoms with Gasteiger partial charge in [-0.1, -0.05) is 44.5 Å². The number of hydrogen-bond donors (Lipinski definition) is 1. The van der Waals surface area contributed by atoms with Gasteiger partial charge in [-0.15, -0.1) is 0 Å². The lowest BCUT2D eigenvalue weighted by molar-refractivity contribution is 0.0358. The van der Waals surface area contributed by atoms with Gasteiger partial charge >= 0.3 is 0 Å². The molecule has 0 amide bonds. The van der Waals surface area contributed by atoms with Gasteiger partial charge in [0.25, 0.3) is 0 Å². The number of nitrogens with one attached hydrogen (secondary N) is 1. The molecule has 0 atom stereocenters. The molecule has 6 heteroatoms. The molecule has 190 valence electrons. The molecule has 2 aliphatic rings. The number of hydrogen-bond acceptors (Lipinski definition) is 4. The quantitative estimate of drug-likeness (QED) is 0.449. The summed E-state index contributed by atoms with van der Waals surface area (Å²) in [6.45, 7) is 13.2. The maximum Gasteiger partial charge on any atom is 0.173 e. The normalized spacial score (nSPS) is 16.1. The van der Waals surface area contributed by atoms with E-state index >= 15 is 0 Å². The zero-order chi connectivity index (χ0) is 24.5. The minimum atomic E-state index is 0.800. The van der Waals surface area contributed by atoms with Crippen LogP contribution in [-0.2, 0) is 24.1 Å². The number of morpholine rings is 1. The van der Waals surface area contributed by atoms with Crippen LogP contribution in [0.2, 0.25) is 0 Å². The first kappa shape index (κ1) is 25.9. The van der Waals surface area contributed by atoms with Gasteiger partial charge in [0, 0.05) is 57.2 Å². The van der Waals surface area contributed by atoms with E-state index in [-0.39, 0.29) is 0 Å². The Hall–Kier alpha value is -2.15. The van der Waals surface area contributed by atoms with Gasteiger partial charge in [0.2, 0.25) is 0 Å². The second-order valence-electron chi connectivity index (χ2n) is 9.77. The fraction of sp³-hybridized carbons (Fsp3) is 0.552. The number of benzene rings is 2. The first-order valence-corrected chi connectivity index (χ1v) is 13.9. The van der Waals surface area contributed by atoms with E-state index in [1.807, 2.05) is 0 Å². The standard InChI is InChI=1S/C29H42N4OS/c1-3-5-13-32-14-7-9-26-21-25(11-12-28(26)32)23-33(16-15-31-17-19-34-20-18-31)29(35)30-27-10-6-8-24(4-2)22-27/h6,8,10-12,21-22H,3-5,7,9,13-20,23H2,1-2H3,(H,30,35). The summed E-state index contributed by atoms with van der Waals surface area (Å²) in [6.07, 6.45) is 5.94. The van der Waals surface area contributed by atoms with Crippen LogP contribution in [0, 0.1) is 0 Å². The largest absolute Gasteiger partial charge is 0.379 e. The predicted octanol–water partition coefficient (Wildman–Crippen LogP) is 5.33. The SMILES string of the molecule is CCCCN1CCCc2cc(CN(CCN3CCOCC3)C(=S)Nc3cccc(CC)c3)ccc21. The summed E-state index contributed by atoms with van der Waals surface area (Å²) in [4.78, 5) is 7.40. The van der Waals surface area contributed by atoms with Crippen LogP contribution in [0.4, 0.5) is 11.4 Å². The molecule has 35 heavy (non-hydrogen) atoms. The number of anilines is 2. The van der Waals surface area contributed by atoms with Crippen molar-refractivity contribution < 1.29 is 4.74 Å². The molecule has 1 N–H and O–H groups in total. The number of nitrogens with zero attached hydrogens (tertiary/aromatic N) is 3. The maximum atomic E-state index is 5.95. The summed E-state index contributed by atoms with van der Waals surface area (Å²) in [6, 6.07) is 15.7. The fourth-order valence-corrected chi connectivity index (χ4v) is 5.31. The second kappa shape index (κ2) is 13.2. The van der Waals surface area contributed by atoms with Crippen LogP contribution in [0.1, 0.15) is 49.8 Å². The minimum absolute atomic E-state index is 0.800. The van der Waals surface area contributed by atoms with Crippen LogP contribution in [0.15, 0.2) is 42.5 Å². The third-order valence-electron chi connectivity index (χ3n) is 7.18. The van der Waals surface area contributed by atoms with E-state index < -0.39 is 0 Å². The summed E-state index contributed by atoms with van der Waals surface area (Å²) in [5, 5.41) is 4.32. The van der Waals surface area contributed by atoms with E-state index in [9.17, 15) is 0 Å². The van der Waals surface area contributed by atoms with Crippen LogP contribution >= 0.6 is 12.2 Å². The van der Waals surface area contributed by atoms with Gasteiger partial charge < -0.3 is 19.9 Å². The molecule has 5 nitrogen and oxygen atoms in total. The lowest BCUT2D eigenvalue weighted by Gasteiger charge is -2.33. The van der Waals surface area contributed by atoms with Gasteiger partial charge in [0.1, 0.15) is 0 Å². The van der Waals surface area contributed by atoms with Crippen molar-refractivity contribution in [1.82, 2.24) is 9.80 Å². The zero-order valence-corrected chi connectivity index (χ0v) is 22.4. The van der Waals surface area contributed by atoms with Crippen LogP contribution < -0.4 is 10.2 Å². The lowest BCUT2D eigenvalue weighted by Crippen LogP contribution is -2.44. The predicted molar refractivity (Wildman–Crippen MR) is 152 cm³/mol. The Labute approximate surface area is 217 Å². The van der Waals surface area contributed by atoms with Gasteiger partial charge in [-0.2, -0.15) is 0 Å². The zero-order valence-electron chi connectivity index (χ0n) is 21.6. The first-order valence-electron chi connectivity index (χ1n) is 13.5. The molecule has 0 bridgehead atoms. The van der Waals surface area contributed by atoms with E-state index in [4.69, 9.17) is 17.0 Å². The van der Waals surface area contributed by atoms with Crippen LogP contribution in [0.5, 0.6) is 0 Å². The monoisotopic (exact) mass is 494 g/mol. The summed E-state index contributed by atoms with van der Waals surface area (Å²) in [7, 11) is 0. The van der Waals surface area contributed by atoms with Gasteiger partial charge in [-0.05, 0) is 72.8 Å². The topological polar surface area (TPSA) is 31.0 Å². The fourth-order valence-electron chi connectivity index (χ4n) is 5.04. The Morgan fingerprint density at radius 2 is 1.89 bits per heavy atom. The van der Waals surface area contributed by atoms with E-state index in [0.29, 0.717) is 0 Å². The number of rotatable bonds is 10. The minimum Gasteiger partial charge on any atom is -0.379 e. The third kappa shape index (κ3) is 7.42. The smallest absolute Gasteiger partial charge is 0.173 e. The van der Waals surface area contributed by atoms with Crippen molar-refractivity contribution in [2.75, 3.05) is 62.7 Å². The molecule has 2 aromatic carbocycles. The van der Waals surface area contributed by atoms with Crippen LogP contribution in [0.3, 0.4) is 0 Å². The molecule has 1 fully saturated rings. The Kier molecular flexibility index (Phi) is 9.81. The van der Waals surface area contributed by atoms with E-state index in [2.05, 4.69) is 76.3 Å². The third-order valence-corrected chi connectivity index (χ3v) is 7.54. The number of thiocarbonyl (C=S) groups is 1. The van der Waals surface area contributed by atoms with Crippen LogP contribution in [0.25, 0.3) is 0 Å². The number of aryl methyl sites for hydroxylation is 2. The molecular weight excluding hydrogens is 452 g/mol. The maximum absolute atomic E-state index is 5.95. The van der Waals surface area contributed by atoms with Crippen molar-refractivity contribution in [3.05, 3.63) is 59.2 Å². The average molecular weight is 495 g/mol. The highest BCUT2D eigenvalue weighted by Gasteiger charge is 2.19. The number of fused-ring (bicyclic) bond motifs is 1. The molecule has 0 saturated carbocycles. The molecule has 2 heterocycles. The number of ether oxygens (including phenoxy) is 1. The summed E-state index contributed by atoms with van der Waals surface area (Å²) in [5.41, 5.74) is 6.66. The van der Waals surface area contributed by atoms with Crippen molar-refractivity contribution in [2.45, 2.75) is 52.5 Å². The highest BCUT2D eigenvalue weighted by molar-refractivity contribution is 7.80. The van der Waals surface area contributed by atoms with Crippen molar-refractivity contribution in [1.29, 1.82) is 0 Å². The Bertz CT molecular complexity index is 959. The van der Waals surface area contributed by atoms with Crippen molar-refractivity contribution in [2.24, 2.45) is 0 Å². The second-order valence-corrected chi connectivity index (χ2v) is 10.2. The highest BCUT2D eigenvalue weighted by Crippen LogP contribution is 2.29. The molecule has 2 aliphatic heterocycles. The molecule has 0 spiro atoms. The average Bonchev–Trinajstić information content (AvgIpc) is 2.90. The van der Waals surface area contributed by atoms with Gasteiger partial charge in [0.15, 0.2) is 5.11 Å². The van der Waals surface area contributed by atoms with Gasteiger partial charge in [-0.3, -0.25) is 4.90 Å². The van der Waals surface area contributed by atoms with Crippen molar-refractivity contribution in [3.8, 4) is 0 Å². The molecule has 0 aliphatic carbocycles. The highest BCUT2D eigenvalue weighted by atomic mass is 32.1. The van der Waals surface area contributed by atoms with Gasteiger partial charge in [0.05, 0.1) is 13.2 Å². The Balaban J connectivity index is 1.47. The molecule has 2 aromatic rings. The molecule has 1 saturated heterocycles. The first-order chi connectivity index (χ1) is 17.2.